The molecule has 1 fully saturated rings. The molecule has 0 saturated carbocycles. The van der Waals surface area contributed by atoms with Crippen LogP contribution in [0.1, 0.15) is 11.6 Å². The third-order valence-electron chi connectivity index (χ3n) is 3.33. The fraction of sp³-hybridized carbons (Fsp3) is 0.700. The van der Waals surface area contributed by atoms with Crippen LogP contribution < -0.4 is 5.32 Å². The molecule has 0 radical (unpaired) electrons. The molecule has 1 amide bonds. The Balaban J connectivity index is 0.00000161. The molecule has 1 N–H and O–H groups in total. The number of hydrogen-bond acceptors (Lipinski definition) is 5. The lowest BCUT2D eigenvalue weighted by molar-refractivity contribution is -0.148. The van der Waals surface area contributed by atoms with Crippen LogP contribution in [0.15, 0.2) is 0 Å². The van der Waals surface area contributed by atoms with Crippen LogP contribution in [-0.2, 0) is 24.1 Å². The molecule has 3 heterocycles. The molecular formula is C10H13ClF3N5OS. The summed E-state index contributed by atoms with van der Waals surface area (Å²) >= 11 is 1.63. The second-order valence-electron chi connectivity index (χ2n) is 4.62. The molecule has 0 bridgehead atoms. The highest BCUT2D eigenvalue weighted by molar-refractivity contribution is 7.99. The highest BCUT2D eigenvalue weighted by atomic mass is 35.5. The largest absolute Gasteiger partial charge is 0.451 e. The molecule has 0 aliphatic carbocycles. The second kappa shape index (κ2) is 6.01. The van der Waals surface area contributed by atoms with Crippen LogP contribution in [0.4, 0.5) is 13.2 Å². The van der Waals surface area contributed by atoms with Crippen LogP contribution >= 0.6 is 24.2 Å². The predicted octanol–water partition coefficient (Wildman–Crippen LogP) is 0.723. The fourth-order valence-corrected chi connectivity index (χ4v) is 3.26. The summed E-state index contributed by atoms with van der Waals surface area (Å²) in [6.07, 6.45) is -4.51. The summed E-state index contributed by atoms with van der Waals surface area (Å²) < 4.78 is 39.1. The Morgan fingerprint density at radius 1 is 1.33 bits per heavy atom. The Labute approximate surface area is 128 Å². The third kappa shape index (κ3) is 3.11. The van der Waals surface area contributed by atoms with Crippen LogP contribution in [0.2, 0.25) is 0 Å². The van der Waals surface area contributed by atoms with Gasteiger partial charge in [0.05, 0.1) is 12.6 Å². The van der Waals surface area contributed by atoms with Gasteiger partial charge in [0, 0.05) is 24.7 Å². The van der Waals surface area contributed by atoms with E-state index in [4.69, 9.17) is 0 Å². The summed E-state index contributed by atoms with van der Waals surface area (Å²) in [4.78, 5) is 13.7. The van der Waals surface area contributed by atoms with E-state index in [0.717, 1.165) is 10.4 Å². The Morgan fingerprint density at radius 2 is 2.10 bits per heavy atom. The minimum absolute atomic E-state index is 0. The standard InChI is InChI=1S/C10H12F3N5OS.ClH/c11-10(12,13)9-16-15-7-3-17(1-2-18(7)9)8(19)6-4-20-5-14-6;/h6,14H,1-5H2;1H. The third-order valence-corrected chi connectivity index (χ3v) is 4.27. The maximum absolute atomic E-state index is 12.7. The number of carbonyl (C=O) groups excluding carboxylic acids is 1. The smallest absolute Gasteiger partial charge is 0.332 e. The molecule has 2 aliphatic heterocycles. The Kier molecular flexibility index (Phi) is 4.69. The number of amides is 1. The topological polar surface area (TPSA) is 63.1 Å². The van der Waals surface area contributed by atoms with Gasteiger partial charge in [0.25, 0.3) is 0 Å². The van der Waals surface area contributed by atoms with E-state index >= 15 is 0 Å². The molecule has 118 valence electrons. The lowest BCUT2D eigenvalue weighted by Gasteiger charge is -2.29. The van der Waals surface area contributed by atoms with Crippen LogP contribution in [0.25, 0.3) is 0 Å². The summed E-state index contributed by atoms with van der Waals surface area (Å²) in [5.74, 6) is 0.517. The van der Waals surface area contributed by atoms with E-state index in [1.54, 1.807) is 11.8 Å². The number of nitrogens with zero attached hydrogens (tertiary/aromatic N) is 4. The fourth-order valence-electron chi connectivity index (χ4n) is 2.33. The lowest BCUT2D eigenvalue weighted by atomic mass is 10.2. The van der Waals surface area contributed by atoms with E-state index in [1.807, 2.05) is 0 Å². The van der Waals surface area contributed by atoms with E-state index in [-0.39, 0.29) is 49.8 Å². The summed E-state index contributed by atoms with van der Waals surface area (Å²) in [7, 11) is 0. The number of alkyl halides is 3. The first-order valence-electron chi connectivity index (χ1n) is 6.06. The van der Waals surface area contributed by atoms with Gasteiger partial charge in [-0.25, -0.2) is 0 Å². The van der Waals surface area contributed by atoms with Gasteiger partial charge >= 0.3 is 6.18 Å². The molecule has 3 rings (SSSR count). The van der Waals surface area contributed by atoms with Gasteiger partial charge in [-0.3, -0.25) is 10.1 Å². The quantitative estimate of drug-likeness (QED) is 0.814. The molecule has 6 nitrogen and oxygen atoms in total. The number of fused-ring (bicyclic) bond motifs is 1. The van der Waals surface area contributed by atoms with Crippen molar-refractivity contribution in [1.29, 1.82) is 0 Å². The number of halogens is 4. The van der Waals surface area contributed by atoms with Gasteiger partial charge in [-0.1, -0.05) is 0 Å². The monoisotopic (exact) mass is 343 g/mol. The van der Waals surface area contributed by atoms with Crippen molar-refractivity contribution >= 4 is 30.1 Å². The molecule has 0 spiro atoms. The van der Waals surface area contributed by atoms with Gasteiger partial charge in [0.15, 0.2) is 5.82 Å². The minimum atomic E-state index is -4.51. The average Bonchev–Trinajstić information content (AvgIpc) is 3.05. The van der Waals surface area contributed by atoms with Gasteiger partial charge in [0.1, 0.15) is 0 Å². The van der Waals surface area contributed by atoms with E-state index in [1.165, 1.54) is 4.90 Å². The number of thioether (sulfide) groups is 1. The van der Waals surface area contributed by atoms with Gasteiger partial charge < -0.3 is 9.47 Å². The Bertz CT molecular complexity index is 531. The number of carbonyl (C=O) groups is 1. The van der Waals surface area contributed by atoms with Crippen molar-refractivity contribution < 1.29 is 18.0 Å². The Morgan fingerprint density at radius 3 is 2.71 bits per heavy atom. The number of rotatable bonds is 1. The zero-order valence-corrected chi connectivity index (χ0v) is 12.4. The molecule has 2 aliphatic rings. The second-order valence-corrected chi connectivity index (χ2v) is 5.65. The molecule has 1 atom stereocenters. The van der Waals surface area contributed by atoms with Crippen LogP contribution in [-0.4, -0.2) is 49.8 Å². The lowest BCUT2D eigenvalue weighted by Crippen LogP contribution is -2.48. The molecule has 1 aromatic heterocycles. The van der Waals surface area contributed by atoms with Crippen molar-refractivity contribution in [2.24, 2.45) is 0 Å². The normalized spacial score (nSPS) is 21.9. The number of aromatic nitrogens is 3. The highest BCUT2D eigenvalue weighted by Gasteiger charge is 2.40. The van der Waals surface area contributed by atoms with Crippen molar-refractivity contribution in [1.82, 2.24) is 25.0 Å². The first-order chi connectivity index (χ1) is 9.47. The Hall–Kier alpha value is -1.00. The van der Waals surface area contributed by atoms with Crippen molar-refractivity contribution in [2.75, 3.05) is 18.2 Å². The van der Waals surface area contributed by atoms with Gasteiger partial charge in [-0.15, -0.1) is 34.4 Å². The minimum Gasteiger partial charge on any atom is -0.332 e. The molecular weight excluding hydrogens is 331 g/mol. The van der Waals surface area contributed by atoms with Crippen molar-refractivity contribution in [3.8, 4) is 0 Å². The van der Waals surface area contributed by atoms with Crippen molar-refractivity contribution in [3.05, 3.63) is 11.6 Å². The number of nitrogens with one attached hydrogen (secondary N) is 1. The summed E-state index contributed by atoms with van der Waals surface area (Å²) in [6.45, 7) is 0.392. The molecule has 1 aromatic rings. The molecule has 21 heavy (non-hydrogen) atoms. The van der Waals surface area contributed by atoms with Gasteiger partial charge in [-0.05, 0) is 0 Å². The number of hydrogen-bond donors (Lipinski definition) is 1. The van der Waals surface area contributed by atoms with E-state index in [0.29, 0.717) is 5.75 Å². The SMILES string of the molecule is Cl.O=C(C1CSCN1)N1CCn2c(nnc2C(F)(F)F)C1. The molecule has 1 saturated heterocycles. The van der Waals surface area contributed by atoms with Gasteiger partial charge in [-0.2, -0.15) is 13.2 Å². The van der Waals surface area contributed by atoms with Crippen LogP contribution in [0, 0.1) is 0 Å². The summed E-state index contributed by atoms with van der Waals surface area (Å²) in [6, 6.07) is -0.253. The maximum atomic E-state index is 12.7. The van der Waals surface area contributed by atoms with E-state index in [9.17, 15) is 18.0 Å². The molecule has 11 heteroatoms. The molecule has 1 unspecified atom stereocenters. The maximum Gasteiger partial charge on any atom is 0.451 e. The zero-order valence-electron chi connectivity index (χ0n) is 10.8. The van der Waals surface area contributed by atoms with Crippen LogP contribution in [0.5, 0.6) is 0 Å². The van der Waals surface area contributed by atoms with Crippen molar-refractivity contribution in [3.63, 3.8) is 0 Å². The van der Waals surface area contributed by atoms with E-state index in [2.05, 4.69) is 15.5 Å². The zero-order chi connectivity index (χ0) is 14.3. The summed E-state index contributed by atoms with van der Waals surface area (Å²) in [5.41, 5.74) is 0. The first kappa shape index (κ1) is 16.4. The van der Waals surface area contributed by atoms with Crippen LogP contribution in [0.3, 0.4) is 0 Å². The molecule has 0 aromatic carbocycles. The summed E-state index contributed by atoms with van der Waals surface area (Å²) in [5, 5.41) is 9.80. The van der Waals surface area contributed by atoms with Gasteiger partial charge in [0.2, 0.25) is 11.7 Å². The first-order valence-corrected chi connectivity index (χ1v) is 7.21. The average molecular weight is 344 g/mol. The van der Waals surface area contributed by atoms with E-state index < -0.39 is 12.0 Å². The predicted molar refractivity (Wildman–Crippen MR) is 71.9 cm³/mol. The highest BCUT2D eigenvalue weighted by Crippen LogP contribution is 2.29. The van der Waals surface area contributed by atoms with Crippen molar-refractivity contribution in [2.45, 2.75) is 25.3 Å².